The van der Waals surface area contributed by atoms with E-state index in [0.717, 1.165) is 10.4 Å². The molecule has 0 N–H and O–H groups in total. The van der Waals surface area contributed by atoms with Crippen LogP contribution < -0.4 is 10.4 Å². The van der Waals surface area contributed by atoms with Crippen LogP contribution in [0.5, 0.6) is 0 Å². The molecule has 0 atom stereocenters. The molecule has 0 aromatic rings. The number of hydrogen-bond acceptors (Lipinski definition) is 0. The normalized spacial score (nSPS) is 10.3. The highest BCUT2D eigenvalue weighted by molar-refractivity contribution is 5.23. The van der Waals surface area contributed by atoms with Gasteiger partial charge in [0.2, 0.25) is 0 Å². The minimum Gasteiger partial charge on any atom is -0.171 e. The van der Waals surface area contributed by atoms with Gasteiger partial charge in [0.1, 0.15) is 0 Å². The molecule has 0 aromatic carbocycles. The van der Waals surface area contributed by atoms with Gasteiger partial charge in [-0.05, 0) is 11.3 Å². The van der Waals surface area contributed by atoms with Crippen LogP contribution in [0.4, 0.5) is 0 Å². The van der Waals surface area contributed by atoms with Gasteiger partial charge in [-0.25, -0.2) is 0 Å². The van der Waals surface area contributed by atoms with Gasteiger partial charge in [0.15, 0.2) is 0 Å². The number of hydrogen-bond donors (Lipinski definition) is 0. The molecule has 12 heavy (non-hydrogen) atoms. The largest absolute Gasteiger partial charge is 0.171 e. The predicted molar refractivity (Wildman–Crippen MR) is 52.0 cm³/mol. The van der Waals surface area contributed by atoms with Gasteiger partial charge in [0, 0.05) is 12.1 Å². The van der Waals surface area contributed by atoms with Crippen LogP contribution in [0.15, 0.2) is 36.4 Å². The standard InChI is InChI=1S/C12H10/c1-9-5-3-7-11-8-4-6-10(2)12(9)11/h3-8H,1-2H2. The summed E-state index contributed by atoms with van der Waals surface area (Å²) in [7, 11) is 0. The van der Waals surface area contributed by atoms with Crippen molar-refractivity contribution in [1.82, 2.24) is 0 Å². The van der Waals surface area contributed by atoms with Crippen LogP contribution in [-0.4, -0.2) is 0 Å². The van der Waals surface area contributed by atoms with E-state index in [9.17, 15) is 0 Å². The highest BCUT2D eigenvalue weighted by atomic mass is 13.9. The highest BCUT2D eigenvalue weighted by Gasteiger charge is 1.83. The first-order chi connectivity index (χ1) is 5.79. The molecule has 2 aliphatic rings. The Kier molecular flexibility index (Phi) is 1.47. The lowest BCUT2D eigenvalue weighted by atomic mass is 10.1. The van der Waals surface area contributed by atoms with E-state index in [1.807, 2.05) is 24.3 Å². The average molecular weight is 154 g/mol. The first-order valence-electron chi connectivity index (χ1n) is 3.95. The summed E-state index contributed by atoms with van der Waals surface area (Å²) in [4.78, 5) is 0. The zero-order valence-corrected chi connectivity index (χ0v) is 6.88. The zero-order chi connectivity index (χ0) is 8.55. The van der Waals surface area contributed by atoms with Crippen molar-refractivity contribution in [2.24, 2.45) is 0 Å². The first kappa shape index (κ1) is 7.11. The molecule has 0 radical (unpaired) electrons. The summed E-state index contributed by atoms with van der Waals surface area (Å²) in [5, 5.41) is 4.51. The van der Waals surface area contributed by atoms with Gasteiger partial charge in [-0.1, -0.05) is 17.0 Å². The third-order valence-electron chi connectivity index (χ3n) is 2.08. The van der Waals surface area contributed by atoms with E-state index in [0.29, 0.717) is 0 Å². The molecule has 0 fully saturated rings. The van der Waals surface area contributed by atoms with E-state index in [-0.39, 0.29) is 0 Å². The fraction of sp³-hybridized carbons (Fsp3) is 0. The lowest BCUT2D eigenvalue weighted by Crippen LogP contribution is -2.12. The van der Waals surface area contributed by atoms with Crippen LogP contribution in [0.1, 0.15) is 0 Å². The van der Waals surface area contributed by atoms with Gasteiger partial charge in [-0.3, -0.25) is 0 Å². The van der Waals surface area contributed by atoms with Gasteiger partial charge in [-0.15, -0.1) is 23.4 Å². The summed E-state index contributed by atoms with van der Waals surface area (Å²) in [6.45, 7) is 7.94. The van der Waals surface area contributed by atoms with E-state index >= 15 is 0 Å². The molecule has 0 aliphatic heterocycles. The lowest BCUT2D eigenvalue weighted by molar-refractivity contribution is 1.38. The molecule has 2 rings (SSSR count). The molecule has 0 unspecified atom stereocenters. The van der Waals surface area contributed by atoms with Crippen molar-refractivity contribution < 1.29 is 0 Å². The third-order valence-corrected chi connectivity index (χ3v) is 2.08. The number of rotatable bonds is 0. The molecule has 0 saturated heterocycles. The highest BCUT2D eigenvalue weighted by Crippen LogP contribution is 1.88. The Morgan fingerprint density at radius 1 is 1.25 bits per heavy atom. The van der Waals surface area contributed by atoms with Gasteiger partial charge in [0.05, 0.1) is 0 Å². The monoisotopic (exact) mass is 154 g/mol. The molecule has 0 heterocycles. The van der Waals surface area contributed by atoms with Gasteiger partial charge < -0.3 is 0 Å². The van der Waals surface area contributed by atoms with Crippen LogP contribution in [0.2, 0.25) is 0 Å². The summed E-state index contributed by atoms with van der Waals surface area (Å²) < 4.78 is 0. The Morgan fingerprint density at radius 3 is 2.83 bits per heavy atom. The van der Waals surface area contributed by atoms with E-state index in [2.05, 4.69) is 25.3 Å². The lowest BCUT2D eigenvalue weighted by Gasteiger charge is -1.97. The molecule has 0 bridgehead atoms. The van der Waals surface area contributed by atoms with Gasteiger partial charge >= 0.3 is 0 Å². The van der Waals surface area contributed by atoms with Crippen LogP contribution >= 0.6 is 0 Å². The Bertz CT molecular complexity index is 504. The quantitative estimate of drug-likeness (QED) is 0.501. The summed E-state index contributed by atoms with van der Waals surface area (Å²) >= 11 is 0. The Morgan fingerprint density at radius 2 is 2.08 bits per heavy atom. The molecule has 2 aliphatic carbocycles. The summed E-state index contributed by atoms with van der Waals surface area (Å²) in [5.74, 6) is 0. The van der Waals surface area contributed by atoms with Crippen molar-refractivity contribution in [2.75, 3.05) is 0 Å². The average Bonchev–Trinajstić information content (AvgIpc) is 2.04. The smallest absolute Gasteiger partial charge is 0.0174 e. The minimum atomic E-state index is 1.05. The van der Waals surface area contributed by atoms with Crippen LogP contribution in [0.3, 0.4) is 0 Å². The van der Waals surface area contributed by atoms with Crippen molar-refractivity contribution in [3.8, 4) is 0 Å². The fourth-order valence-electron chi connectivity index (χ4n) is 1.50. The molecular weight excluding hydrogens is 144 g/mol. The molecule has 0 aromatic heterocycles. The molecule has 58 valence electrons. The van der Waals surface area contributed by atoms with Crippen molar-refractivity contribution in [1.29, 1.82) is 0 Å². The molecule has 0 spiro atoms. The topological polar surface area (TPSA) is 0 Å². The maximum Gasteiger partial charge on any atom is 0.0174 e. The van der Waals surface area contributed by atoms with Gasteiger partial charge in [-0.2, -0.15) is 6.58 Å². The SMILES string of the molecule is C=c1cc[cH+]c2cc[cH-]c(=C)c1=2. The maximum absolute atomic E-state index is 3.97. The molecule has 0 saturated carbocycles. The first-order valence-corrected chi connectivity index (χ1v) is 3.95. The van der Waals surface area contributed by atoms with Crippen molar-refractivity contribution >= 4 is 13.2 Å². The van der Waals surface area contributed by atoms with E-state index in [4.69, 9.17) is 0 Å². The van der Waals surface area contributed by atoms with E-state index in [1.165, 1.54) is 10.4 Å². The summed E-state index contributed by atoms with van der Waals surface area (Å²) in [6.07, 6.45) is 0. The second-order valence-corrected chi connectivity index (χ2v) is 2.93. The second-order valence-electron chi connectivity index (χ2n) is 2.93. The van der Waals surface area contributed by atoms with E-state index < -0.39 is 0 Å². The van der Waals surface area contributed by atoms with Crippen LogP contribution in [0, 0.1) is 10.4 Å². The third kappa shape index (κ3) is 0.928. The van der Waals surface area contributed by atoms with Crippen LogP contribution in [-0.2, 0) is 0 Å². The maximum atomic E-state index is 3.97. The molecular formula is C12H10. The minimum absolute atomic E-state index is 1.05. The molecule has 0 nitrogen and oxygen atoms in total. The van der Waals surface area contributed by atoms with Crippen molar-refractivity contribution in [2.45, 2.75) is 0 Å². The molecule has 0 amide bonds. The second kappa shape index (κ2) is 2.49. The zero-order valence-electron chi connectivity index (χ0n) is 6.88. The Balaban J connectivity index is 3.33. The predicted octanol–water partition coefficient (Wildman–Crippen LogP) is 1.23. The fourth-order valence-corrected chi connectivity index (χ4v) is 1.50. The van der Waals surface area contributed by atoms with E-state index in [1.54, 1.807) is 0 Å². The van der Waals surface area contributed by atoms with Crippen LogP contribution in [0.25, 0.3) is 13.2 Å². The Labute approximate surface area is 71.1 Å². The molecule has 0 heteroatoms. The summed E-state index contributed by atoms with van der Waals surface area (Å²) in [6, 6.07) is 12.2. The summed E-state index contributed by atoms with van der Waals surface area (Å²) in [5.41, 5.74) is 0. The Hall–Kier alpha value is -1.56. The van der Waals surface area contributed by atoms with Crippen molar-refractivity contribution in [3.63, 3.8) is 0 Å². The van der Waals surface area contributed by atoms with Gasteiger partial charge in [0.25, 0.3) is 0 Å². The van der Waals surface area contributed by atoms with Crippen molar-refractivity contribution in [3.05, 3.63) is 57.3 Å².